The van der Waals surface area contributed by atoms with Crippen LogP contribution in [0.5, 0.6) is 0 Å². The molecule has 1 aromatic rings. The molecule has 18 heavy (non-hydrogen) atoms. The molecule has 0 heterocycles. The Labute approximate surface area is 108 Å². The van der Waals surface area contributed by atoms with Gasteiger partial charge in [-0.3, -0.25) is 4.79 Å². The molecule has 0 aliphatic rings. The van der Waals surface area contributed by atoms with E-state index in [1.807, 2.05) is 13.8 Å². The third kappa shape index (κ3) is 4.45. The van der Waals surface area contributed by atoms with Crippen molar-refractivity contribution in [2.75, 3.05) is 0 Å². The molecule has 1 rings (SSSR count). The summed E-state index contributed by atoms with van der Waals surface area (Å²) in [6.07, 6.45) is 0.298. The third-order valence-electron chi connectivity index (χ3n) is 3.00. The molecule has 1 atom stereocenters. The molecule has 0 radical (unpaired) electrons. The van der Waals surface area contributed by atoms with Gasteiger partial charge in [0.25, 0.3) is 0 Å². The number of hydrogen-bond donors (Lipinski definition) is 2. The van der Waals surface area contributed by atoms with Gasteiger partial charge in [0.2, 0.25) is 5.91 Å². The number of aryl methyl sites for hydroxylation is 1. The minimum absolute atomic E-state index is 0.0998. The minimum atomic E-state index is -0.249. The average Bonchev–Trinajstić information content (AvgIpc) is 2.30. The topological polar surface area (TPSA) is 55.1 Å². The summed E-state index contributed by atoms with van der Waals surface area (Å²) in [5.74, 6) is -0.0783. The molecular formula is C14H21FN2O. The number of nitrogens with two attached hydrogens (primary N) is 1. The van der Waals surface area contributed by atoms with Gasteiger partial charge < -0.3 is 11.1 Å². The van der Waals surface area contributed by atoms with E-state index >= 15 is 0 Å². The van der Waals surface area contributed by atoms with E-state index in [0.717, 1.165) is 5.56 Å². The molecule has 0 saturated carbocycles. The van der Waals surface area contributed by atoms with E-state index in [2.05, 4.69) is 5.32 Å². The van der Waals surface area contributed by atoms with Gasteiger partial charge in [0.05, 0.1) is 0 Å². The SMILES string of the molecule is Cc1ccc(CNC(=O)CC(N)C(C)C)cc1F. The summed E-state index contributed by atoms with van der Waals surface area (Å²) in [7, 11) is 0. The number of halogens is 1. The smallest absolute Gasteiger partial charge is 0.221 e. The van der Waals surface area contributed by atoms with Crippen molar-refractivity contribution in [2.45, 2.75) is 39.8 Å². The highest BCUT2D eigenvalue weighted by atomic mass is 19.1. The zero-order valence-corrected chi connectivity index (χ0v) is 11.2. The molecule has 100 valence electrons. The van der Waals surface area contributed by atoms with Crippen LogP contribution in [0.1, 0.15) is 31.4 Å². The maximum Gasteiger partial charge on any atom is 0.221 e. The fraction of sp³-hybridized carbons (Fsp3) is 0.500. The van der Waals surface area contributed by atoms with Gasteiger partial charge in [0.15, 0.2) is 0 Å². The highest BCUT2D eigenvalue weighted by molar-refractivity contribution is 5.76. The number of carbonyl (C=O) groups excluding carboxylic acids is 1. The fourth-order valence-electron chi connectivity index (χ4n) is 1.47. The fourth-order valence-corrected chi connectivity index (χ4v) is 1.47. The Bertz CT molecular complexity index is 418. The Kier molecular flexibility index (Phi) is 5.28. The lowest BCUT2D eigenvalue weighted by Gasteiger charge is -2.15. The maximum absolute atomic E-state index is 13.3. The van der Waals surface area contributed by atoms with Crippen LogP contribution in [0.15, 0.2) is 18.2 Å². The van der Waals surface area contributed by atoms with Crippen LogP contribution in [0.25, 0.3) is 0 Å². The Morgan fingerprint density at radius 2 is 2.11 bits per heavy atom. The molecule has 3 N–H and O–H groups in total. The van der Waals surface area contributed by atoms with Crippen molar-refractivity contribution in [3.8, 4) is 0 Å². The van der Waals surface area contributed by atoms with Gasteiger partial charge in [-0.25, -0.2) is 4.39 Å². The van der Waals surface area contributed by atoms with Gasteiger partial charge in [0.1, 0.15) is 5.82 Å². The second-order valence-corrected chi connectivity index (χ2v) is 4.97. The standard InChI is InChI=1S/C14H21FN2O/c1-9(2)13(16)7-14(18)17-8-11-5-4-10(3)12(15)6-11/h4-6,9,13H,7-8,16H2,1-3H3,(H,17,18). The Morgan fingerprint density at radius 3 is 2.67 bits per heavy atom. The lowest BCUT2D eigenvalue weighted by molar-refractivity contribution is -0.121. The van der Waals surface area contributed by atoms with Gasteiger partial charge in [-0.15, -0.1) is 0 Å². The van der Waals surface area contributed by atoms with E-state index in [4.69, 9.17) is 5.73 Å². The van der Waals surface area contributed by atoms with Crippen LogP contribution in [0.2, 0.25) is 0 Å². The molecular weight excluding hydrogens is 231 g/mol. The molecule has 1 aromatic carbocycles. The molecule has 0 saturated heterocycles. The van der Waals surface area contributed by atoms with Crippen molar-refractivity contribution in [2.24, 2.45) is 11.7 Å². The highest BCUT2D eigenvalue weighted by Gasteiger charge is 2.12. The van der Waals surface area contributed by atoms with Crippen molar-refractivity contribution in [1.82, 2.24) is 5.32 Å². The molecule has 0 fully saturated rings. The zero-order chi connectivity index (χ0) is 13.7. The van der Waals surface area contributed by atoms with Gasteiger partial charge in [-0.2, -0.15) is 0 Å². The van der Waals surface area contributed by atoms with Crippen molar-refractivity contribution < 1.29 is 9.18 Å². The number of rotatable bonds is 5. The van der Waals surface area contributed by atoms with E-state index in [-0.39, 0.29) is 23.7 Å². The van der Waals surface area contributed by atoms with Crippen LogP contribution in [0.4, 0.5) is 4.39 Å². The summed E-state index contributed by atoms with van der Waals surface area (Å²) in [6.45, 7) is 6.00. The molecule has 0 spiro atoms. The maximum atomic E-state index is 13.3. The second-order valence-electron chi connectivity index (χ2n) is 4.97. The molecule has 0 aliphatic carbocycles. The molecule has 1 unspecified atom stereocenters. The predicted molar refractivity (Wildman–Crippen MR) is 70.4 cm³/mol. The molecule has 3 nitrogen and oxygen atoms in total. The Balaban J connectivity index is 2.45. The first-order chi connectivity index (χ1) is 8.40. The normalized spacial score (nSPS) is 12.6. The molecule has 4 heteroatoms. The lowest BCUT2D eigenvalue weighted by atomic mass is 10.0. The van der Waals surface area contributed by atoms with E-state index < -0.39 is 0 Å². The van der Waals surface area contributed by atoms with Crippen LogP contribution in [-0.2, 0) is 11.3 Å². The molecule has 0 aliphatic heterocycles. The summed E-state index contributed by atoms with van der Waals surface area (Å²) < 4.78 is 13.3. The number of hydrogen-bond acceptors (Lipinski definition) is 2. The van der Waals surface area contributed by atoms with Crippen molar-refractivity contribution in [3.63, 3.8) is 0 Å². The predicted octanol–water partition coefficient (Wildman–Crippen LogP) is 2.12. The summed E-state index contributed by atoms with van der Waals surface area (Å²) in [5.41, 5.74) is 7.17. The van der Waals surface area contributed by atoms with E-state index in [9.17, 15) is 9.18 Å². The van der Waals surface area contributed by atoms with Crippen molar-refractivity contribution in [1.29, 1.82) is 0 Å². The Morgan fingerprint density at radius 1 is 1.44 bits per heavy atom. The van der Waals surface area contributed by atoms with Crippen LogP contribution >= 0.6 is 0 Å². The van der Waals surface area contributed by atoms with Crippen LogP contribution in [0, 0.1) is 18.7 Å². The highest BCUT2D eigenvalue weighted by Crippen LogP contribution is 2.09. The number of amides is 1. The van der Waals surface area contributed by atoms with Crippen molar-refractivity contribution in [3.05, 3.63) is 35.1 Å². The minimum Gasteiger partial charge on any atom is -0.352 e. The monoisotopic (exact) mass is 252 g/mol. The summed E-state index contributed by atoms with van der Waals surface area (Å²) in [6, 6.07) is 4.81. The molecule has 1 amide bonds. The first-order valence-electron chi connectivity index (χ1n) is 6.17. The number of benzene rings is 1. The Hall–Kier alpha value is -1.42. The van der Waals surface area contributed by atoms with Crippen LogP contribution in [0.3, 0.4) is 0 Å². The third-order valence-corrected chi connectivity index (χ3v) is 3.00. The zero-order valence-electron chi connectivity index (χ0n) is 11.2. The lowest BCUT2D eigenvalue weighted by Crippen LogP contribution is -2.34. The quantitative estimate of drug-likeness (QED) is 0.843. The summed E-state index contributed by atoms with van der Waals surface area (Å²) in [5, 5.41) is 2.75. The van der Waals surface area contributed by atoms with Gasteiger partial charge in [0, 0.05) is 19.0 Å². The first-order valence-corrected chi connectivity index (χ1v) is 6.17. The number of nitrogens with one attached hydrogen (secondary N) is 1. The molecule has 0 aromatic heterocycles. The largest absolute Gasteiger partial charge is 0.352 e. The molecule has 0 bridgehead atoms. The summed E-state index contributed by atoms with van der Waals surface area (Å²) >= 11 is 0. The van der Waals surface area contributed by atoms with E-state index in [1.54, 1.807) is 19.1 Å². The van der Waals surface area contributed by atoms with Gasteiger partial charge in [-0.1, -0.05) is 26.0 Å². The summed E-state index contributed by atoms with van der Waals surface area (Å²) in [4.78, 5) is 11.6. The van der Waals surface area contributed by atoms with E-state index in [1.165, 1.54) is 6.07 Å². The van der Waals surface area contributed by atoms with Gasteiger partial charge >= 0.3 is 0 Å². The van der Waals surface area contributed by atoms with Crippen molar-refractivity contribution >= 4 is 5.91 Å². The number of carbonyl (C=O) groups is 1. The first kappa shape index (κ1) is 14.6. The average molecular weight is 252 g/mol. The van der Waals surface area contributed by atoms with Crippen LogP contribution < -0.4 is 11.1 Å². The van der Waals surface area contributed by atoms with E-state index in [0.29, 0.717) is 18.5 Å². The van der Waals surface area contributed by atoms with Gasteiger partial charge in [-0.05, 0) is 30.0 Å². The van der Waals surface area contributed by atoms with Crippen LogP contribution in [-0.4, -0.2) is 11.9 Å². The second kappa shape index (κ2) is 6.50.